The zero-order chi connectivity index (χ0) is 14.6. The Morgan fingerprint density at radius 2 is 1.16 bits per heavy atom. The number of carboxylic acid groups (broad SMARTS) is 2. The van der Waals surface area contributed by atoms with Gasteiger partial charge < -0.3 is 20.4 Å². The molecule has 0 rings (SSSR count). The molecular formula is C10H20CaO6S2. The summed E-state index contributed by atoms with van der Waals surface area (Å²) in [5.74, 6) is -0.894. The van der Waals surface area contributed by atoms with Crippen LogP contribution in [0, 0.1) is 0 Å². The van der Waals surface area contributed by atoms with E-state index in [1.54, 1.807) is 0 Å². The Balaban J connectivity index is -0.000000256. The summed E-state index contributed by atoms with van der Waals surface area (Å²) in [6, 6.07) is 0. The molecule has 0 aromatic carbocycles. The summed E-state index contributed by atoms with van der Waals surface area (Å²) >= 11 is 3.05. The maximum atomic E-state index is 9.95. The summed E-state index contributed by atoms with van der Waals surface area (Å²) in [5.41, 5.74) is 0. The summed E-state index contributed by atoms with van der Waals surface area (Å²) in [6.07, 6.45) is 2.03. The Labute approximate surface area is 151 Å². The second kappa shape index (κ2) is 16.9. The van der Waals surface area contributed by atoms with Crippen molar-refractivity contribution in [1.82, 2.24) is 0 Å². The molecule has 0 saturated carbocycles. The van der Waals surface area contributed by atoms with Crippen LogP contribution in [0.15, 0.2) is 0 Å². The standard InChI is InChI=1S/2C5H10O3S.Ca/c2*1-9-3-2-4(6)5(7)8;/h2*4,6H,2-3H2,1H3,(H,7,8);. The molecule has 0 spiro atoms. The zero-order valence-corrected chi connectivity index (χ0v) is 15.0. The van der Waals surface area contributed by atoms with Crippen LogP contribution in [0.25, 0.3) is 0 Å². The first-order valence-electron chi connectivity index (χ1n) is 5.16. The van der Waals surface area contributed by atoms with Crippen molar-refractivity contribution < 1.29 is 30.0 Å². The van der Waals surface area contributed by atoms with Crippen LogP contribution < -0.4 is 0 Å². The SMILES string of the molecule is CSCCC(O)C(=O)O.CSCCC(O)C(=O)O.[Ca]. The minimum atomic E-state index is -1.18. The van der Waals surface area contributed by atoms with Crippen molar-refractivity contribution in [3.8, 4) is 0 Å². The van der Waals surface area contributed by atoms with Gasteiger partial charge in [-0.1, -0.05) is 0 Å². The van der Waals surface area contributed by atoms with E-state index in [0.29, 0.717) is 24.3 Å². The number of thioether (sulfide) groups is 2. The predicted molar refractivity (Wildman–Crippen MR) is 79.0 cm³/mol. The smallest absolute Gasteiger partial charge is 0.332 e. The predicted octanol–water partition coefficient (Wildman–Crippen LogP) is -0.0108. The molecule has 0 bridgehead atoms. The summed E-state index contributed by atoms with van der Waals surface area (Å²) in [6.45, 7) is 0. The second-order valence-corrected chi connectivity index (χ2v) is 5.24. The van der Waals surface area contributed by atoms with Gasteiger partial charge in [-0.3, -0.25) is 0 Å². The van der Waals surface area contributed by atoms with Gasteiger partial charge >= 0.3 is 11.9 Å². The number of hydrogen-bond donors (Lipinski definition) is 4. The van der Waals surface area contributed by atoms with Gasteiger partial charge in [0.15, 0.2) is 12.2 Å². The molecular weight excluding hydrogens is 320 g/mol. The van der Waals surface area contributed by atoms with Gasteiger partial charge in [-0.2, -0.15) is 23.5 Å². The number of rotatable bonds is 8. The molecule has 0 heterocycles. The Kier molecular flexibility index (Phi) is 22.0. The van der Waals surface area contributed by atoms with Gasteiger partial charge in [0.1, 0.15) is 0 Å². The van der Waals surface area contributed by atoms with Crippen molar-refractivity contribution in [3.05, 3.63) is 0 Å². The fourth-order valence-corrected chi connectivity index (χ4v) is 1.62. The fraction of sp³-hybridized carbons (Fsp3) is 0.800. The van der Waals surface area contributed by atoms with E-state index in [4.69, 9.17) is 20.4 Å². The summed E-state index contributed by atoms with van der Waals surface area (Å²) < 4.78 is 0. The van der Waals surface area contributed by atoms with Gasteiger partial charge in [-0.25, -0.2) is 9.59 Å². The molecule has 0 aliphatic rings. The quantitative estimate of drug-likeness (QED) is 0.456. The third-order valence-corrected chi connectivity index (χ3v) is 3.05. The Bertz CT molecular complexity index is 218. The molecule has 2 atom stereocenters. The maximum absolute atomic E-state index is 9.95. The minimum absolute atomic E-state index is 0. The van der Waals surface area contributed by atoms with Crippen LogP contribution in [-0.2, 0) is 9.59 Å². The molecule has 4 N–H and O–H groups in total. The van der Waals surface area contributed by atoms with Gasteiger partial charge in [0.25, 0.3) is 0 Å². The van der Waals surface area contributed by atoms with Crippen molar-refractivity contribution in [2.75, 3.05) is 24.0 Å². The van der Waals surface area contributed by atoms with Gasteiger partial charge in [0, 0.05) is 37.7 Å². The first-order valence-corrected chi connectivity index (χ1v) is 7.95. The van der Waals surface area contributed by atoms with Crippen LogP contribution in [0.4, 0.5) is 0 Å². The first kappa shape index (κ1) is 24.8. The molecule has 0 fully saturated rings. The van der Waals surface area contributed by atoms with Gasteiger partial charge in [-0.05, 0) is 36.9 Å². The van der Waals surface area contributed by atoms with E-state index in [2.05, 4.69) is 0 Å². The van der Waals surface area contributed by atoms with Crippen LogP contribution in [0.1, 0.15) is 12.8 Å². The molecule has 0 aliphatic heterocycles. The van der Waals surface area contributed by atoms with Crippen molar-refractivity contribution in [1.29, 1.82) is 0 Å². The van der Waals surface area contributed by atoms with Gasteiger partial charge in [0.05, 0.1) is 0 Å². The molecule has 9 heteroatoms. The number of hydrogen-bond acceptors (Lipinski definition) is 6. The summed E-state index contributed by atoms with van der Waals surface area (Å²) in [4.78, 5) is 19.9. The maximum Gasteiger partial charge on any atom is 0.332 e. The molecule has 0 aliphatic carbocycles. The van der Waals surface area contributed by atoms with E-state index in [9.17, 15) is 9.59 Å². The van der Waals surface area contributed by atoms with Crippen LogP contribution in [-0.4, -0.2) is 106 Å². The Morgan fingerprint density at radius 1 is 0.895 bits per heavy atom. The van der Waals surface area contributed by atoms with E-state index in [0.717, 1.165) is 0 Å². The van der Waals surface area contributed by atoms with Crippen LogP contribution >= 0.6 is 23.5 Å². The van der Waals surface area contributed by atoms with E-state index in [-0.39, 0.29) is 37.7 Å². The number of aliphatic hydroxyl groups is 2. The average molecular weight is 340 g/mol. The molecule has 6 nitrogen and oxygen atoms in total. The van der Waals surface area contributed by atoms with E-state index in [1.165, 1.54) is 23.5 Å². The number of carboxylic acids is 2. The van der Waals surface area contributed by atoms with Gasteiger partial charge in [-0.15, -0.1) is 0 Å². The van der Waals surface area contributed by atoms with Crippen molar-refractivity contribution in [2.45, 2.75) is 25.0 Å². The van der Waals surface area contributed by atoms with Gasteiger partial charge in [0.2, 0.25) is 0 Å². The molecule has 19 heavy (non-hydrogen) atoms. The second-order valence-electron chi connectivity index (χ2n) is 3.27. The largest absolute Gasteiger partial charge is 0.479 e. The monoisotopic (exact) mass is 340 g/mol. The zero-order valence-electron chi connectivity index (χ0n) is 11.1. The summed E-state index contributed by atoms with van der Waals surface area (Å²) in [5, 5.41) is 33.6. The fourth-order valence-electron chi connectivity index (χ4n) is 0.706. The van der Waals surface area contributed by atoms with Crippen LogP contribution in [0.2, 0.25) is 0 Å². The van der Waals surface area contributed by atoms with Crippen molar-refractivity contribution >= 4 is 73.2 Å². The van der Waals surface area contributed by atoms with Crippen molar-refractivity contribution in [3.63, 3.8) is 0 Å². The van der Waals surface area contributed by atoms with Crippen molar-refractivity contribution in [2.24, 2.45) is 0 Å². The Hall–Kier alpha value is 0.820. The molecule has 0 aromatic rings. The minimum Gasteiger partial charge on any atom is -0.479 e. The average Bonchev–Trinajstić information content (AvgIpc) is 2.33. The molecule has 2 radical (unpaired) electrons. The van der Waals surface area contributed by atoms with E-state index >= 15 is 0 Å². The number of carbonyl (C=O) groups is 2. The first-order chi connectivity index (χ1) is 8.36. The number of aliphatic carboxylic acids is 2. The van der Waals surface area contributed by atoms with E-state index < -0.39 is 24.1 Å². The van der Waals surface area contributed by atoms with E-state index in [1.807, 2.05) is 12.5 Å². The topological polar surface area (TPSA) is 115 Å². The molecule has 0 aromatic heterocycles. The molecule has 0 amide bonds. The summed E-state index contributed by atoms with van der Waals surface area (Å²) in [7, 11) is 0. The normalized spacial score (nSPS) is 12.4. The molecule has 0 saturated heterocycles. The molecule has 2 unspecified atom stereocenters. The third kappa shape index (κ3) is 18.8. The molecule has 110 valence electrons. The van der Waals surface area contributed by atoms with Crippen LogP contribution in [0.3, 0.4) is 0 Å². The van der Waals surface area contributed by atoms with Crippen LogP contribution in [0.5, 0.6) is 0 Å². The number of aliphatic hydroxyl groups excluding tert-OH is 2. The third-order valence-electron chi connectivity index (χ3n) is 1.76. The Morgan fingerprint density at radius 3 is 1.32 bits per heavy atom.